The standard InChI is InChI=1S/C28H39N5O/c1-18-10-9-11-23(16-18)32-15-14-31(17-19(32)2)25(34)13-12-24-20(3)26-22(5)30-33(28(6,7)8)27(26)29-21(24)4/h9-11,16,19H,12-15,17H2,1-8H3/t19-/m1/s1. The van der Waals surface area contributed by atoms with E-state index in [2.05, 4.69) is 84.6 Å². The number of carbonyl (C=O) groups is 1. The molecule has 0 unspecified atom stereocenters. The molecule has 0 spiro atoms. The summed E-state index contributed by atoms with van der Waals surface area (Å²) >= 11 is 0. The summed E-state index contributed by atoms with van der Waals surface area (Å²) in [6.45, 7) is 19.5. The highest BCUT2D eigenvalue weighted by Crippen LogP contribution is 2.30. The Kier molecular flexibility index (Phi) is 6.45. The van der Waals surface area contributed by atoms with Crippen LogP contribution >= 0.6 is 0 Å². The highest BCUT2D eigenvalue weighted by molar-refractivity contribution is 5.84. The molecule has 0 aliphatic carbocycles. The van der Waals surface area contributed by atoms with E-state index in [-0.39, 0.29) is 11.4 Å². The number of hydrogen-bond acceptors (Lipinski definition) is 4. The van der Waals surface area contributed by atoms with Crippen molar-refractivity contribution in [2.24, 2.45) is 0 Å². The van der Waals surface area contributed by atoms with Crippen molar-refractivity contribution < 1.29 is 4.79 Å². The maximum atomic E-state index is 13.2. The molecule has 1 amide bonds. The number of aromatic nitrogens is 3. The minimum atomic E-state index is -0.132. The average molecular weight is 462 g/mol. The molecular weight excluding hydrogens is 422 g/mol. The predicted molar refractivity (Wildman–Crippen MR) is 140 cm³/mol. The highest BCUT2D eigenvalue weighted by Gasteiger charge is 2.28. The van der Waals surface area contributed by atoms with Crippen LogP contribution in [0.25, 0.3) is 11.0 Å². The molecule has 0 saturated carbocycles. The van der Waals surface area contributed by atoms with Crippen molar-refractivity contribution in [3.8, 4) is 0 Å². The van der Waals surface area contributed by atoms with Gasteiger partial charge in [-0.05, 0) is 90.6 Å². The van der Waals surface area contributed by atoms with Gasteiger partial charge in [0.25, 0.3) is 0 Å². The van der Waals surface area contributed by atoms with E-state index in [1.54, 1.807) is 0 Å². The van der Waals surface area contributed by atoms with Gasteiger partial charge in [0.05, 0.1) is 11.2 Å². The number of fused-ring (bicyclic) bond motifs is 1. The van der Waals surface area contributed by atoms with E-state index in [4.69, 9.17) is 10.1 Å². The minimum absolute atomic E-state index is 0.132. The molecule has 1 aliphatic heterocycles. The first-order valence-electron chi connectivity index (χ1n) is 12.4. The molecule has 3 heterocycles. The molecule has 6 nitrogen and oxygen atoms in total. The van der Waals surface area contributed by atoms with Crippen LogP contribution in [0.1, 0.15) is 62.2 Å². The molecule has 3 aromatic rings. The molecule has 0 N–H and O–H groups in total. The summed E-state index contributed by atoms with van der Waals surface area (Å²) < 4.78 is 2.03. The Morgan fingerprint density at radius 2 is 1.82 bits per heavy atom. The van der Waals surface area contributed by atoms with E-state index in [0.29, 0.717) is 18.9 Å². The van der Waals surface area contributed by atoms with E-state index < -0.39 is 0 Å². The number of benzene rings is 1. The molecule has 2 aromatic heterocycles. The van der Waals surface area contributed by atoms with Crippen molar-refractivity contribution in [2.45, 2.75) is 79.8 Å². The highest BCUT2D eigenvalue weighted by atomic mass is 16.2. The lowest BCUT2D eigenvalue weighted by atomic mass is 9.98. The molecule has 182 valence electrons. The Labute approximate surface area is 204 Å². The van der Waals surface area contributed by atoms with Crippen molar-refractivity contribution in [1.29, 1.82) is 0 Å². The summed E-state index contributed by atoms with van der Waals surface area (Å²) in [4.78, 5) is 22.6. The number of amides is 1. The second-order valence-corrected chi connectivity index (χ2v) is 10.9. The molecule has 0 bridgehead atoms. The van der Waals surface area contributed by atoms with Gasteiger partial charge in [0.1, 0.15) is 0 Å². The first-order chi connectivity index (χ1) is 16.0. The van der Waals surface area contributed by atoms with Crippen LogP contribution in [0.3, 0.4) is 0 Å². The maximum absolute atomic E-state index is 13.2. The smallest absolute Gasteiger partial charge is 0.223 e. The van der Waals surface area contributed by atoms with Crippen molar-refractivity contribution >= 4 is 22.6 Å². The summed E-state index contributed by atoms with van der Waals surface area (Å²) in [5.74, 6) is 0.233. The van der Waals surface area contributed by atoms with Crippen LogP contribution in [0.15, 0.2) is 24.3 Å². The number of pyridine rings is 1. The normalized spacial score (nSPS) is 17.0. The molecule has 4 rings (SSSR count). The number of nitrogens with zero attached hydrogens (tertiary/aromatic N) is 5. The fraction of sp³-hybridized carbons (Fsp3) is 0.536. The van der Waals surface area contributed by atoms with Crippen LogP contribution in [0.4, 0.5) is 5.69 Å². The number of anilines is 1. The number of rotatable bonds is 4. The van der Waals surface area contributed by atoms with Gasteiger partial charge >= 0.3 is 0 Å². The van der Waals surface area contributed by atoms with Gasteiger partial charge in [-0.1, -0.05) is 12.1 Å². The second-order valence-electron chi connectivity index (χ2n) is 10.9. The van der Waals surface area contributed by atoms with E-state index in [1.165, 1.54) is 22.4 Å². The SMILES string of the molecule is Cc1cccc(N2CCN(C(=O)CCc3c(C)nc4c(c(C)nn4C(C)(C)C)c3C)C[C@H]2C)c1. The van der Waals surface area contributed by atoms with Crippen LogP contribution in [0, 0.1) is 27.7 Å². The number of aryl methyl sites for hydroxylation is 4. The summed E-state index contributed by atoms with van der Waals surface area (Å²) in [6, 6.07) is 8.93. The summed E-state index contributed by atoms with van der Waals surface area (Å²) in [5.41, 5.74) is 7.72. The zero-order chi connectivity index (χ0) is 24.8. The van der Waals surface area contributed by atoms with Gasteiger partial charge in [-0.2, -0.15) is 5.10 Å². The van der Waals surface area contributed by atoms with E-state index in [1.807, 2.05) is 9.58 Å². The van der Waals surface area contributed by atoms with Gasteiger partial charge < -0.3 is 9.80 Å². The van der Waals surface area contributed by atoms with E-state index in [9.17, 15) is 4.79 Å². The lowest BCUT2D eigenvalue weighted by Gasteiger charge is -2.41. The molecule has 1 saturated heterocycles. The molecule has 1 atom stereocenters. The van der Waals surface area contributed by atoms with Crippen LogP contribution < -0.4 is 4.90 Å². The van der Waals surface area contributed by atoms with Gasteiger partial charge in [0, 0.05) is 48.9 Å². The molecule has 6 heteroatoms. The third kappa shape index (κ3) is 4.55. The van der Waals surface area contributed by atoms with Crippen molar-refractivity contribution in [3.63, 3.8) is 0 Å². The van der Waals surface area contributed by atoms with Gasteiger partial charge in [0.2, 0.25) is 5.91 Å². The van der Waals surface area contributed by atoms with Crippen LogP contribution in [-0.4, -0.2) is 51.2 Å². The third-order valence-corrected chi connectivity index (χ3v) is 7.11. The Hall–Kier alpha value is -2.89. The van der Waals surface area contributed by atoms with E-state index >= 15 is 0 Å². The fourth-order valence-corrected chi connectivity index (χ4v) is 5.31. The summed E-state index contributed by atoms with van der Waals surface area (Å²) in [7, 11) is 0. The Balaban J connectivity index is 1.47. The van der Waals surface area contributed by atoms with Crippen LogP contribution in [0.2, 0.25) is 0 Å². The largest absolute Gasteiger partial charge is 0.365 e. The van der Waals surface area contributed by atoms with Crippen molar-refractivity contribution in [1.82, 2.24) is 19.7 Å². The zero-order valence-electron chi connectivity index (χ0n) is 22.1. The van der Waals surface area contributed by atoms with Crippen molar-refractivity contribution in [2.75, 3.05) is 24.5 Å². The maximum Gasteiger partial charge on any atom is 0.223 e. The molecular formula is C28H39N5O. The quantitative estimate of drug-likeness (QED) is 0.543. The fourth-order valence-electron chi connectivity index (χ4n) is 5.31. The Bertz CT molecular complexity index is 1220. The molecule has 0 radical (unpaired) electrons. The van der Waals surface area contributed by atoms with Gasteiger partial charge in [-0.3, -0.25) is 4.79 Å². The third-order valence-electron chi connectivity index (χ3n) is 7.11. The Morgan fingerprint density at radius 1 is 1.09 bits per heavy atom. The Morgan fingerprint density at radius 3 is 2.47 bits per heavy atom. The van der Waals surface area contributed by atoms with Crippen LogP contribution in [0.5, 0.6) is 0 Å². The van der Waals surface area contributed by atoms with Gasteiger partial charge in [0.15, 0.2) is 5.65 Å². The minimum Gasteiger partial charge on any atom is -0.365 e. The van der Waals surface area contributed by atoms with E-state index in [0.717, 1.165) is 42.1 Å². The van der Waals surface area contributed by atoms with Gasteiger partial charge in [-0.15, -0.1) is 0 Å². The second kappa shape index (κ2) is 9.05. The summed E-state index contributed by atoms with van der Waals surface area (Å²) in [5, 5.41) is 5.92. The van der Waals surface area contributed by atoms with Gasteiger partial charge in [-0.25, -0.2) is 9.67 Å². The monoisotopic (exact) mass is 461 g/mol. The molecule has 34 heavy (non-hydrogen) atoms. The van der Waals surface area contributed by atoms with Crippen LogP contribution in [-0.2, 0) is 16.8 Å². The molecule has 1 aliphatic rings. The number of carbonyl (C=O) groups excluding carboxylic acids is 1. The topological polar surface area (TPSA) is 54.3 Å². The average Bonchev–Trinajstić information content (AvgIpc) is 3.10. The first-order valence-corrected chi connectivity index (χ1v) is 12.4. The lowest BCUT2D eigenvalue weighted by molar-refractivity contribution is -0.131. The number of hydrogen-bond donors (Lipinski definition) is 0. The number of piperazine rings is 1. The molecule has 1 aromatic carbocycles. The summed E-state index contributed by atoms with van der Waals surface area (Å²) in [6.07, 6.45) is 1.23. The predicted octanol–water partition coefficient (Wildman–Crippen LogP) is 5.09. The first kappa shape index (κ1) is 24.2. The zero-order valence-corrected chi connectivity index (χ0v) is 22.1. The van der Waals surface area contributed by atoms with Crippen molar-refractivity contribution in [3.05, 3.63) is 52.3 Å². The lowest BCUT2D eigenvalue weighted by Crippen LogP contribution is -2.53. The molecule has 1 fully saturated rings.